The largest absolute Gasteiger partial charge is 0.299 e. The molecule has 0 spiro atoms. The number of Topliss-reactive ketones (excluding diaryl/α,β-unsaturated/α-hetero) is 1. The van der Waals surface area contributed by atoms with Crippen molar-refractivity contribution in [3.8, 4) is 0 Å². The minimum Gasteiger partial charge on any atom is -0.299 e. The van der Waals surface area contributed by atoms with E-state index in [1.165, 1.54) is 0 Å². The smallest absolute Gasteiger partial charge is 0.144 e. The van der Waals surface area contributed by atoms with Crippen LogP contribution in [0.15, 0.2) is 24.5 Å². The molecule has 1 aromatic rings. The van der Waals surface area contributed by atoms with Crippen LogP contribution in [-0.4, -0.2) is 10.8 Å². The highest BCUT2D eigenvalue weighted by Crippen LogP contribution is 2.41. The lowest BCUT2D eigenvalue weighted by Gasteiger charge is -1.91. The van der Waals surface area contributed by atoms with Gasteiger partial charge < -0.3 is 0 Å². The molecule has 1 aromatic heterocycles. The summed E-state index contributed by atoms with van der Waals surface area (Å²) in [5.41, 5.74) is 1.06. The number of ketones is 1. The maximum absolute atomic E-state index is 11.0. The van der Waals surface area contributed by atoms with Crippen molar-refractivity contribution >= 4 is 5.78 Å². The minimum absolute atomic E-state index is 0.142. The molecule has 0 aliphatic heterocycles. The predicted octanol–water partition coefficient (Wildman–Crippen LogP) is 1.38. The monoisotopic (exact) mass is 147 g/mol. The van der Waals surface area contributed by atoms with E-state index in [0.29, 0.717) is 5.78 Å². The average Bonchev–Trinajstić information content (AvgIpc) is 2.62. The molecule has 1 aliphatic carbocycles. The molecule has 56 valence electrons. The molecule has 2 rings (SSSR count). The topological polar surface area (TPSA) is 30.0 Å². The van der Waals surface area contributed by atoms with Gasteiger partial charge in [-0.1, -0.05) is 13.0 Å². The molecule has 1 heterocycles. The van der Waals surface area contributed by atoms with Gasteiger partial charge in [0.1, 0.15) is 5.78 Å². The normalized spacial score (nSPS) is 28.6. The first-order valence-electron chi connectivity index (χ1n) is 3.74. The molecule has 2 nitrogen and oxygen atoms in total. The van der Waals surface area contributed by atoms with Crippen molar-refractivity contribution in [2.45, 2.75) is 12.8 Å². The third-order valence-corrected chi connectivity index (χ3v) is 2.19. The van der Waals surface area contributed by atoms with Gasteiger partial charge in [0.2, 0.25) is 0 Å². The van der Waals surface area contributed by atoms with Gasteiger partial charge in [-0.3, -0.25) is 9.78 Å². The number of hydrogen-bond donors (Lipinski definition) is 0. The molecule has 1 saturated carbocycles. The summed E-state index contributed by atoms with van der Waals surface area (Å²) in [6.07, 6.45) is 3.49. The molecule has 0 amide bonds. The molecular weight excluding hydrogens is 138 g/mol. The van der Waals surface area contributed by atoms with Crippen LogP contribution in [0.2, 0.25) is 0 Å². The number of pyridine rings is 1. The Balaban J connectivity index is 2.27. The van der Waals surface area contributed by atoms with Gasteiger partial charge in [0.15, 0.2) is 0 Å². The lowest BCUT2D eigenvalue weighted by atomic mass is 10.2. The van der Waals surface area contributed by atoms with E-state index < -0.39 is 0 Å². The van der Waals surface area contributed by atoms with Crippen molar-refractivity contribution in [2.75, 3.05) is 0 Å². The zero-order valence-corrected chi connectivity index (χ0v) is 6.32. The first kappa shape index (κ1) is 6.53. The molecule has 2 heteroatoms. The Morgan fingerprint density at radius 1 is 1.55 bits per heavy atom. The van der Waals surface area contributed by atoms with Crippen LogP contribution in [0.3, 0.4) is 0 Å². The van der Waals surface area contributed by atoms with Gasteiger partial charge in [-0.25, -0.2) is 0 Å². The number of carbonyl (C=O) groups is 1. The van der Waals surface area contributed by atoms with Crippen LogP contribution < -0.4 is 0 Å². The van der Waals surface area contributed by atoms with Crippen molar-refractivity contribution in [3.05, 3.63) is 30.1 Å². The van der Waals surface area contributed by atoms with Gasteiger partial charge in [-0.2, -0.15) is 0 Å². The Labute approximate surface area is 65.3 Å². The Morgan fingerprint density at radius 2 is 2.27 bits per heavy atom. The lowest BCUT2D eigenvalue weighted by Crippen LogP contribution is -1.82. The molecule has 0 radical (unpaired) electrons. The number of carbonyl (C=O) groups excluding carboxylic acids is 1. The first-order chi connectivity index (χ1) is 5.30. The molecule has 2 unspecified atom stereocenters. The van der Waals surface area contributed by atoms with Crippen LogP contribution in [0.25, 0.3) is 0 Å². The van der Waals surface area contributed by atoms with E-state index in [1.54, 1.807) is 12.4 Å². The van der Waals surface area contributed by atoms with Crippen LogP contribution in [0.5, 0.6) is 0 Å². The summed E-state index contributed by atoms with van der Waals surface area (Å²) in [4.78, 5) is 15.0. The Bertz CT molecular complexity index is 281. The second kappa shape index (κ2) is 2.16. The van der Waals surface area contributed by atoms with E-state index in [-0.39, 0.29) is 11.8 Å². The van der Waals surface area contributed by atoms with Gasteiger partial charge >= 0.3 is 0 Å². The van der Waals surface area contributed by atoms with E-state index in [9.17, 15) is 4.79 Å². The molecule has 0 saturated heterocycles. The van der Waals surface area contributed by atoms with E-state index in [4.69, 9.17) is 0 Å². The molecule has 11 heavy (non-hydrogen) atoms. The van der Waals surface area contributed by atoms with Crippen molar-refractivity contribution in [1.82, 2.24) is 4.98 Å². The standard InChI is InChI=1S/C9H9NO/c1-6-8(9(6)11)7-3-2-4-10-5-7/h2-6,8H,1H3. The summed E-state index contributed by atoms with van der Waals surface area (Å²) in [6, 6.07) is 3.83. The van der Waals surface area contributed by atoms with Crippen molar-refractivity contribution in [2.24, 2.45) is 5.92 Å². The summed E-state index contributed by atoms with van der Waals surface area (Å²) >= 11 is 0. The zero-order chi connectivity index (χ0) is 7.84. The highest BCUT2D eigenvalue weighted by molar-refractivity contribution is 6.03. The number of aromatic nitrogens is 1. The summed E-state index contributed by atoms with van der Waals surface area (Å²) in [5, 5.41) is 0. The third kappa shape index (κ3) is 0.946. The van der Waals surface area contributed by atoms with Crippen LogP contribution in [-0.2, 0) is 4.79 Å². The summed E-state index contributed by atoms with van der Waals surface area (Å²) in [5.74, 6) is 0.709. The van der Waals surface area contributed by atoms with Gasteiger partial charge in [0, 0.05) is 18.3 Å². The fraction of sp³-hybridized carbons (Fsp3) is 0.333. The second-order valence-electron chi connectivity index (χ2n) is 2.96. The Hall–Kier alpha value is -1.18. The van der Waals surface area contributed by atoms with E-state index in [2.05, 4.69) is 4.98 Å². The van der Waals surface area contributed by atoms with Crippen LogP contribution >= 0.6 is 0 Å². The number of rotatable bonds is 1. The summed E-state index contributed by atoms with van der Waals surface area (Å²) in [7, 11) is 0. The van der Waals surface area contributed by atoms with Crippen LogP contribution in [0.1, 0.15) is 18.4 Å². The molecular formula is C9H9NO. The molecule has 0 N–H and O–H groups in total. The summed E-state index contributed by atoms with van der Waals surface area (Å²) < 4.78 is 0. The van der Waals surface area contributed by atoms with E-state index in [1.807, 2.05) is 19.1 Å². The third-order valence-electron chi connectivity index (χ3n) is 2.19. The Kier molecular flexibility index (Phi) is 1.28. The predicted molar refractivity (Wildman–Crippen MR) is 41.1 cm³/mol. The number of nitrogens with zero attached hydrogens (tertiary/aromatic N) is 1. The summed E-state index contributed by atoms with van der Waals surface area (Å²) in [6.45, 7) is 1.96. The molecule has 1 fully saturated rings. The van der Waals surface area contributed by atoms with E-state index >= 15 is 0 Å². The van der Waals surface area contributed by atoms with Crippen molar-refractivity contribution in [3.63, 3.8) is 0 Å². The van der Waals surface area contributed by atoms with E-state index in [0.717, 1.165) is 5.56 Å². The van der Waals surface area contributed by atoms with Gasteiger partial charge in [-0.05, 0) is 11.6 Å². The SMILES string of the molecule is CC1C(=O)C1c1cccnc1. The first-order valence-corrected chi connectivity index (χ1v) is 3.74. The molecule has 0 bridgehead atoms. The van der Waals surface area contributed by atoms with Gasteiger partial charge in [0.05, 0.1) is 5.92 Å². The average molecular weight is 147 g/mol. The minimum atomic E-state index is 0.142. The zero-order valence-electron chi connectivity index (χ0n) is 6.32. The molecule has 0 aromatic carbocycles. The lowest BCUT2D eigenvalue weighted by molar-refractivity contribution is -0.111. The fourth-order valence-electron chi connectivity index (χ4n) is 1.38. The highest BCUT2D eigenvalue weighted by atomic mass is 16.1. The quantitative estimate of drug-likeness (QED) is 0.600. The van der Waals surface area contributed by atoms with Crippen LogP contribution in [0, 0.1) is 5.92 Å². The van der Waals surface area contributed by atoms with Gasteiger partial charge in [0.25, 0.3) is 0 Å². The van der Waals surface area contributed by atoms with Gasteiger partial charge in [-0.15, -0.1) is 0 Å². The fourth-order valence-corrected chi connectivity index (χ4v) is 1.38. The maximum Gasteiger partial charge on any atom is 0.144 e. The molecule has 2 atom stereocenters. The highest BCUT2D eigenvalue weighted by Gasteiger charge is 2.46. The van der Waals surface area contributed by atoms with Crippen molar-refractivity contribution < 1.29 is 4.79 Å². The Morgan fingerprint density at radius 3 is 2.73 bits per heavy atom. The second-order valence-corrected chi connectivity index (χ2v) is 2.96. The maximum atomic E-state index is 11.0. The molecule has 1 aliphatic rings. The number of hydrogen-bond acceptors (Lipinski definition) is 2. The van der Waals surface area contributed by atoms with Crippen molar-refractivity contribution in [1.29, 1.82) is 0 Å². The van der Waals surface area contributed by atoms with Crippen LogP contribution in [0.4, 0.5) is 0 Å².